The van der Waals surface area contributed by atoms with E-state index in [0.29, 0.717) is 4.43 Å². The number of unbranched alkanes of at least 4 members (excludes halogenated alkanes) is 2. The van der Waals surface area contributed by atoms with E-state index >= 15 is 0 Å². The van der Waals surface area contributed by atoms with Gasteiger partial charge in [-0.15, -0.1) is 0 Å². The van der Waals surface area contributed by atoms with Crippen LogP contribution in [0.4, 0.5) is 13.2 Å². The Bertz CT molecular complexity index is 100. The first-order valence-electron chi connectivity index (χ1n) is 3.61. The molecule has 70 valence electrons. The second kappa shape index (κ2) is 5.22. The van der Waals surface area contributed by atoms with Gasteiger partial charge in [0.1, 0.15) is 0 Å². The van der Waals surface area contributed by atoms with Crippen LogP contribution in [0.1, 0.15) is 26.2 Å². The normalized spacial score (nSPS) is 13.4. The molecule has 0 atom stereocenters. The summed E-state index contributed by atoms with van der Waals surface area (Å²) in [5.74, 6) is 0. The summed E-state index contributed by atoms with van der Waals surface area (Å²) in [6.45, 7) is 2.00. The molecule has 0 nitrogen and oxygen atoms in total. The Morgan fingerprint density at radius 1 is 1.18 bits per heavy atom. The van der Waals surface area contributed by atoms with Crippen LogP contribution in [-0.2, 0) is 0 Å². The summed E-state index contributed by atoms with van der Waals surface area (Å²) in [5.41, 5.74) is 0. The molecule has 0 aromatic rings. The molecular weight excluding hydrogens is 268 g/mol. The molecule has 0 fully saturated rings. The van der Waals surface area contributed by atoms with E-state index in [-0.39, 0.29) is 0 Å². The molecule has 0 aromatic heterocycles. The van der Waals surface area contributed by atoms with E-state index in [1.165, 1.54) is 4.93 Å². The van der Waals surface area contributed by atoms with Gasteiger partial charge in [0.25, 0.3) is 0 Å². The molecule has 0 rings (SSSR count). The number of hydrogen-bond acceptors (Lipinski definition) is 0. The van der Waals surface area contributed by atoms with Gasteiger partial charge in [0.2, 0.25) is 0 Å². The average Bonchev–Trinajstić information content (AvgIpc) is 1.86. The van der Waals surface area contributed by atoms with Crippen molar-refractivity contribution in [3.63, 3.8) is 0 Å². The minimum absolute atomic E-state index is 0.432. The molecule has 0 saturated carbocycles. The molecule has 0 aliphatic carbocycles. The van der Waals surface area contributed by atoms with Crippen molar-refractivity contribution < 1.29 is 13.2 Å². The Kier molecular flexibility index (Phi) is 5.46. The predicted octanol–water partition coefficient (Wildman–Crippen LogP) is 3.83. The van der Waals surface area contributed by atoms with Gasteiger partial charge < -0.3 is 0 Å². The Hall–Kier alpha value is 0.520. The average molecular weight is 282 g/mol. The third-order valence-corrected chi connectivity index (χ3v) is 5.86. The van der Waals surface area contributed by atoms with Crippen molar-refractivity contribution in [2.24, 2.45) is 0 Å². The van der Waals surface area contributed by atoms with Crippen molar-refractivity contribution in [3.05, 3.63) is 0 Å². The maximum absolute atomic E-state index is 11.9. The van der Waals surface area contributed by atoms with E-state index in [1.807, 2.05) is 6.92 Å². The fraction of sp³-hybridized carbons (Fsp3) is 1.00. The van der Waals surface area contributed by atoms with Gasteiger partial charge in [0, 0.05) is 0 Å². The zero-order valence-electron chi connectivity index (χ0n) is 6.84. The van der Waals surface area contributed by atoms with Crippen molar-refractivity contribution in [3.8, 4) is 0 Å². The quantitative estimate of drug-likeness (QED) is 0.417. The molecule has 0 radical (unpaired) electrons. The molecule has 0 saturated heterocycles. The van der Waals surface area contributed by atoms with Crippen LogP contribution in [0.25, 0.3) is 0 Å². The molecule has 0 amide bonds. The summed E-state index contributed by atoms with van der Waals surface area (Å²) < 4.78 is 32.4. The topological polar surface area (TPSA) is 0 Å². The summed E-state index contributed by atoms with van der Waals surface area (Å²) >= 11 is -2.59. The standard InChI is InChI=1S/C7H14F3I/c1-3-4-5-6-11(2)7(8,9)10/h3-6H2,1-2H3. The monoisotopic (exact) mass is 282 g/mol. The fourth-order valence-corrected chi connectivity index (χ4v) is 2.95. The molecule has 11 heavy (non-hydrogen) atoms. The van der Waals surface area contributed by atoms with Crippen molar-refractivity contribution in [1.82, 2.24) is 0 Å². The first-order valence-corrected chi connectivity index (χ1v) is 8.37. The molecule has 0 aromatic carbocycles. The van der Waals surface area contributed by atoms with Crippen LogP contribution in [0.5, 0.6) is 0 Å². The van der Waals surface area contributed by atoms with Gasteiger partial charge in [-0.1, -0.05) is 0 Å². The zero-order chi connectivity index (χ0) is 8.91. The Morgan fingerprint density at radius 3 is 2.09 bits per heavy atom. The molecule has 0 aliphatic rings. The van der Waals surface area contributed by atoms with Gasteiger partial charge in [-0.25, -0.2) is 0 Å². The van der Waals surface area contributed by atoms with E-state index in [2.05, 4.69) is 0 Å². The van der Waals surface area contributed by atoms with Crippen molar-refractivity contribution in [2.75, 3.05) is 9.36 Å². The van der Waals surface area contributed by atoms with E-state index in [9.17, 15) is 13.2 Å². The van der Waals surface area contributed by atoms with Gasteiger partial charge >= 0.3 is 72.7 Å². The summed E-state index contributed by atoms with van der Waals surface area (Å²) in [7, 11) is 0. The molecule has 0 bridgehead atoms. The Morgan fingerprint density at radius 2 is 1.73 bits per heavy atom. The fourth-order valence-electron chi connectivity index (χ4n) is 0.652. The van der Waals surface area contributed by atoms with Crippen LogP contribution >= 0.6 is 19.8 Å². The second-order valence-electron chi connectivity index (χ2n) is 2.41. The number of halogens is 4. The van der Waals surface area contributed by atoms with Gasteiger partial charge in [-0.3, -0.25) is 0 Å². The number of alkyl halides is 6. The molecular formula is C7H14F3I. The van der Waals surface area contributed by atoms with Crippen molar-refractivity contribution in [1.29, 1.82) is 0 Å². The summed E-state index contributed by atoms with van der Waals surface area (Å²) in [5, 5.41) is 0. The summed E-state index contributed by atoms with van der Waals surface area (Å²) in [6, 6.07) is 0. The van der Waals surface area contributed by atoms with Crippen LogP contribution in [0.2, 0.25) is 0 Å². The van der Waals surface area contributed by atoms with Crippen molar-refractivity contribution in [2.45, 2.75) is 30.4 Å². The Balaban J connectivity index is 3.44. The molecule has 0 spiro atoms. The minimum atomic E-state index is -3.84. The van der Waals surface area contributed by atoms with E-state index in [0.717, 1.165) is 19.3 Å². The maximum atomic E-state index is 11.9. The van der Waals surface area contributed by atoms with Gasteiger partial charge in [-0.05, 0) is 0 Å². The van der Waals surface area contributed by atoms with Crippen LogP contribution in [0.15, 0.2) is 0 Å². The van der Waals surface area contributed by atoms with Gasteiger partial charge in [0.15, 0.2) is 0 Å². The molecule has 4 heteroatoms. The predicted molar refractivity (Wildman–Crippen MR) is 50.4 cm³/mol. The zero-order valence-corrected chi connectivity index (χ0v) is 9.00. The van der Waals surface area contributed by atoms with E-state index in [4.69, 9.17) is 0 Å². The third-order valence-electron chi connectivity index (χ3n) is 1.39. The van der Waals surface area contributed by atoms with Crippen molar-refractivity contribution >= 4 is 19.8 Å². The van der Waals surface area contributed by atoms with Gasteiger partial charge in [0.05, 0.1) is 0 Å². The number of hydrogen-bond donors (Lipinski definition) is 0. The van der Waals surface area contributed by atoms with Gasteiger partial charge in [-0.2, -0.15) is 0 Å². The SMILES string of the molecule is CCCCCI(C)C(F)(F)F. The Labute approximate surface area is 72.9 Å². The molecule has 0 unspecified atom stereocenters. The van der Waals surface area contributed by atoms with Crippen LogP contribution in [0.3, 0.4) is 0 Å². The molecule has 0 aliphatic heterocycles. The number of rotatable bonds is 4. The third kappa shape index (κ3) is 5.75. The van der Waals surface area contributed by atoms with E-state index in [1.54, 1.807) is 0 Å². The van der Waals surface area contributed by atoms with Crippen LogP contribution in [0, 0.1) is 0 Å². The first kappa shape index (κ1) is 11.5. The first-order chi connectivity index (χ1) is 4.98. The van der Waals surface area contributed by atoms with E-state index < -0.39 is 24.0 Å². The summed E-state index contributed by atoms with van der Waals surface area (Å²) in [6.07, 6.45) is 2.71. The molecule has 0 N–H and O–H groups in total. The molecule has 0 heterocycles. The van der Waals surface area contributed by atoms with Crippen LogP contribution < -0.4 is 0 Å². The van der Waals surface area contributed by atoms with Crippen LogP contribution in [-0.4, -0.2) is 13.5 Å². The second-order valence-corrected chi connectivity index (χ2v) is 8.08. The summed E-state index contributed by atoms with van der Waals surface area (Å²) in [4.78, 5) is 1.40.